The van der Waals surface area contributed by atoms with Gasteiger partial charge in [0.25, 0.3) is 0 Å². The minimum Gasteiger partial charge on any atom is -0.307 e. The highest BCUT2D eigenvalue weighted by atomic mass is 35.5. The molecule has 1 unspecified atom stereocenters. The second kappa shape index (κ2) is 9.54. The van der Waals surface area contributed by atoms with Crippen LogP contribution in [0, 0.1) is 20.8 Å². The summed E-state index contributed by atoms with van der Waals surface area (Å²) in [5.74, 6) is 0.945. The predicted octanol–water partition coefficient (Wildman–Crippen LogP) is 7.38. The van der Waals surface area contributed by atoms with Crippen LogP contribution >= 0.6 is 11.6 Å². The summed E-state index contributed by atoms with van der Waals surface area (Å²) in [4.78, 5) is 16.0. The van der Waals surface area contributed by atoms with Crippen LogP contribution in [0.25, 0.3) is 11.5 Å². The summed E-state index contributed by atoms with van der Waals surface area (Å²) in [5, 5.41) is 8.67. The molecule has 5 aromatic rings. The molecule has 6 rings (SSSR count). The van der Waals surface area contributed by atoms with E-state index >= 15 is 0 Å². The largest absolute Gasteiger partial charge is 0.322 e. The molecule has 1 atom stereocenters. The number of nitrogens with zero attached hydrogens (tertiary/aromatic N) is 4. The molecule has 3 heterocycles. The summed E-state index contributed by atoms with van der Waals surface area (Å²) in [6.45, 7) is 6.38. The lowest BCUT2D eigenvalue weighted by Crippen LogP contribution is -2.38. The number of urea groups is 1. The van der Waals surface area contributed by atoms with Crippen molar-refractivity contribution in [3.63, 3.8) is 0 Å². The van der Waals surface area contributed by atoms with Gasteiger partial charge in [0.2, 0.25) is 0 Å². The first-order chi connectivity index (χ1) is 18.4. The zero-order chi connectivity index (χ0) is 26.4. The van der Waals surface area contributed by atoms with E-state index in [9.17, 15) is 4.79 Å². The average Bonchev–Trinajstić information content (AvgIpc) is 3.47. The Kier molecular flexibility index (Phi) is 6.04. The molecule has 0 saturated heterocycles. The van der Waals surface area contributed by atoms with Gasteiger partial charge in [0.15, 0.2) is 0 Å². The molecule has 38 heavy (non-hydrogen) atoms. The Hall–Kier alpha value is -4.29. The summed E-state index contributed by atoms with van der Waals surface area (Å²) in [7, 11) is 0. The van der Waals surface area contributed by atoms with E-state index < -0.39 is 0 Å². The molecule has 6 nitrogen and oxygen atoms in total. The molecule has 1 aliphatic heterocycles. The fourth-order valence-corrected chi connectivity index (χ4v) is 5.44. The summed E-state index contributed by atoms with van der Waals surface area (Å²) in [6, 6.07) is 27.6. The number of hydrogen-bond donors (Lipinski definition) is 1. The van der Waals surface area contributed by atoms with Crippen molar-refractivity contribution in [2.75, 3.05) is 5.32 Å². The van der Waals surface area contributed by atoms with Gasteiger partial charge in [-0.05, 0) is 68.3 Å². The molecule has 0 aliphatic carbocycles. The Morgan fingerprint density at radius 2 is 1.74 bits per heavy atom. The van der Waals surface area contributed by atoms with E-state index in [1.807, 2.05) is 84.1 Å². The Labute approximate surface area is 227 Å². The Morgan fingerprint density at radius 3 is 2.53 bits per heavy atom. The van der Waals surface area contributed by atoms with E-state index in [1.165, 1.54) is 0 Å². The topological polar surface area (TPSA) is 55.1 Å². The van der Waals surface area contributed by atoms with Gasteiger partial charge in [-0.1, -0.05) is 65.7 Å². The number of nitrogens with one attached hydrogen (secondary N) is 1. The number of carbonyl (C=O) groups excluding carboxylic acids is 1. The number of benzene rings is 3. The molecule has 2 amide bonds. The minimum atomic E-state index is -0.319. The number of halogens is 1. The quantitative estimate of drug-likeness (QED) is 0.269. The molecular formula is C31H28ClN5O. The van der Waals surface area contributed by atoms with Gasteiger partial charge in [0, 0.05) is 22.5 Å². The molecule has 2 aromatic heterocycles. The fraction of sp³-hybridized carbons (Fsp3) is 0.161. The molecule has 0 spiro atoms. The van der Waals surface area contributed by atoms with Gasteiger partial charge in [-0.3, -0.25) is 0 Å². The zero-order valence-corrected chi connectivity index (χ0v) is 22.3. The highest BCUT2D eigenvalue weighted by Crippen LogP contribution is 2.39. The molecule has 0 bridgehead atoms. The number of para-hydroxylation sites is 1. The van der Waals surface area contributed by atoms with Crippen molar-refractivity contribution in [2.24, 2.45) is 0 Å². The van der Waals surface area contributed by atoms with Crippen molar-refractivity contribution in [1.82, 2.24) is 19.2 Å². The molecule has 190 valence electrons. The maximum atomic E-state index is 14.1. The number of rotatable bonds is 3. The Morgan fingerprint density at radius 1 is 0.947 bits per heavy atom. The molecule has 0 fully saturated rings. The molecule has 1 N–H and O–H groups in total. The third-order valence-electron chi connectivity index (χ3n) is 7.21. The second-order valence-corrected chi connectivity index (χ2v) is 10.1. The highest BCUT2D eigenvalue weighted by Gasteiger charge is 2.36. The fourth-order valence-electron chi connectivity index (χ4n) is 5.27. The molecule has 0 saturated carbocycles. The first-order valence-electron chi connectivity index (χ1n) is 12.6. The summed E-state index contributed by atoms with van der Waals surface area (Å²) >= 11 is 6.37. The van der Waals surface area contributed by atoms with Crippen LogP contribution in [-0.4, -0.2) is 25.3 Å². The number of anilines is 1. The lowest BCUT2D eigenvalue weighted by Gasteiger charge is -2.31. The third-order valence-corrected chi connectivity index (χ3v) is 7.62. The molecule has 0 radical (unpaired) electrons. The van der Waals surface area contributed by atoms with Crippen LogP contribution in [0.15, 0.2) is 91.1 Å². The van der Waals surface area contributed by atoms with Gasteiger partial charge in [-0.2, -0.15) is 5.10 Å². The second-order valence-electron chi connectivity index (χ2n) is 9.73. The number of aryl methyl sites for hydroxylation is 2. The van der Waals surface area contributed by atoms with Crippen molar-refractivity contribution in [1.29, 1.82) is 0 Å². The Balaban J connectivity index is 1.54. The van der Waals surface area contributed by atoms with E-state index in [4.69, 9.17) is 16.7 Å². The van der Waals surface area contributed by atoms with Crippen molar-refractivity contribution < 1.29 is 4.79 Å². The molecule has 7 heteroatoms. The normalized spacial score (nSPS) is 14.5. The van der Waals surface area contributed by atoms with Crippen LogP contribution in [0.1, 0.15) is 39.7 Å². The average molecular weight is 522 g/mol. The van der Waals surface area contributed by atoms with Gasteiger partial charge in [0.1, 0.15) is 5.82 Å². The minimum absolute atomic E-state index is 0.200. The van der Waals surface area contributed by atoms with Crippen LogP contribution in [-0.2, 0) is 6.54 Å². The Bertz CT molecular complexity index is 1650. The number of amides is 2. The highest BCUT2D eigenvalue weighted by molar-refractivity contribution is 6.31. The van der Waals surface area contributed by atoms with Crippen LogP contribution in [0.2, 0.25) is 5.02 Å². The molecule has 3 aromatic carbocycles. The number of hydrogen-bond acceptors (Lipinski definition) is 2. The van der Waals surface area contributed by atoms with Gasteiger partial charge < -0.3 is 14.8 Å². The number of carbonyl (C=O) groups is 1. The van der Waals surface area contributed by atoms with Gasteiger partial charge in [0.05, 0.1) is 29.7 Å². The van der Waals surface area contributed by atoms with E-state index in [0.29, 0.717) is 17.3 Å². The summed E-state index contributed by atoms with van der Waals surface area (Å²) in [5.41, 5.74) is 7.55. The first kappa shape index (κ1) is 24.1. The van der Waals surface area contributed by atoms with Crippen LogP contribution in [0.4, 0.5) is 10.5 Å². The zero-order valence-electron chi connectivity index (χ0n) is 21.5. The molecular weight excluding hydrogens is 494 g/mol. The standard InChI is InChI=1S/C31H28ClN5O/c1-20-10-7-11-23(18-20)29-28-16-9-17-35(28)30-25(22(3)34-37(30)24-12-5-4-6-13-24)19-36(29)31(38)33-27-15-8-14-26(32)21(27)2/h4-18,29H,19H2,1-3H3,(H,33,38). The monoisotopic (exact) mass is 521 g/mol. The smallest absolute Gasteiger partial charge is 0.307 e. The van der Waals surface area contributed by atoms with Crippen molar-refractivity contribution in [3.05, 3.63) is 130 Å². The van der Waals surface area contributed by atoms with Gasteiger partial charge in [-0.25, -0.2) is 9.48 Å². The van der Waals surface area contributed by atoms with Crippen LogP contribution < -0.4 is 5.32 Å². The SMILES string of the molecule is Cc1cccc(C2c3cccn3-c3c(c(C)nn3-c3ccccc3)CN2C(=O)Nc2cccc(Cl)c2C)c1. The van der Waals surface area contributed by atoms with Crippen molar-refractivity contribution in [3.8, 4) is 11.5 Å². The third kappa shape index (κ3) is 4.07. The van der Waals surface area contributed by atoms with Crippen molar-refractivity contribution >= 4 is 23.3 Å². The lowest BCUT2D eigenvalue weighted by atomic mass is 10.00. The van der Waals surface area contributed by atoms with E-state index in [2.05, 4.69) is 47.3 Å². The maximum Gasteiger partial charge on any atom is 0.322 e. The van der Waals surface area contributed by atoms with E-state index in [1.54, 1.807) is 0 Å². The van der Waals surface area contributed by atoms with Crippen LogP contribution in [0.3, 0.4) is 0 Å². The maximum absolute atomic E-state index is 14.1. The predicted molar refractivity (Wildman–Crippen MR) is 151 cm³/mol. The molecule has 1 aliphatic rings. The van der Waals surface area contributed by atoms with Gasteiger partial charge >= 0.3 is 6.03 Å². The van der Waals surface area contributed by atoms with E-state index in [0.717, 1.165) is 45.1 Å². The van der Waals surface area contributed by atoms with Gasteiger partial charge in [-0.15, -0.1) is 0 Å². The number of aromatic nitrogens is 3. The summed E-state index contributed by atoms with van der Waals surface area (Å²) < 4.78 is 4.15. The number of fused-ring (bicyclic) bond motifs is 3. The lowest BCUT2D eigenvalue weighted by molar-refractivity contribution is 0.194. The van der Waals surface area contributed by atoms with Crippen LogP contribution in [0.5, 0.6) is 0 Å². The van der Waals surface area contributed by atoms with E-state index in [-0.39, 0.29) is 12.1 Å². The first-order valence-corrected chi connectivity index (χ1v) is 13.0. The van der Waals surface area contributed by atoms with Crippen molar-refractivity contribution in [2.45, 2.75) is 33.4 Å². The summed E-state index contributed by atoms with van der Waals surface area (Å²) in [6.07, 6.45) is 2.06.